The van der Waals surface area contributed by atoms with Crippen LogP contribution in [0.1, 0.15) is 16.9 Å². The van der Waals surface area contributed by atoms with Crippen LogP contribution in [0.25, 0.3) is 0 Å². The number of ether oxygens (including phenoxy) is 1. The van der Waals surface area contributed by atoms with Crippen molar-refractivity contribution in [1.29, 1.82) is 0 Å². The Bertz CT molecular complexity index is 524. The molecule has 5 nitrogen and oxygen atoms in total. The van der Waals surface area contributed by atoms with Crippen molar-refractivity contribution in [2.45, 2.75) is 13.0 Å². The highest BCUT2D eigenvalue weighted by Gasteiger charge is 2.26. The van der Waals surface area contributed by atoms with E-state index in [-0.39, 0.29) is 38.2 Å². The molecule has 0 unspecified atom stereocenters. The zero-order valence-electron chi connectivity index (χ0n) is 10.2. The minimum Gasteiger partial charge on any atom is -0.395 e. The third kappa shape index (κ3) is 3.64. The molecule has 0 radical (unpaired) electrons. The Hall–Kier alpha value is -1.68. The second-order valence-electron chi connectivity index (χ2n) is 3.94. The molecule has 1 N–H and O–H groups in total. The van der Waals surface area contributed by atoms with E-state index in [1.165, 1.54) is 16.2 Å². The van der Waals surface area contributed by atoms with Gasteiger partial charge in [-0.3, -0.25) is 14.5 Å². The van der Waals surface area contributed by atoms with Gasteiger partial charge in [0, 0.05) is 22.2 Å². The maximum atomic E-state index is 11.6. The summed E-state index contributed by atoms with van der Waals surface area (Å²) in [5.74, 6) is 5.12. The third-order valence-corrected chi connectivity index (χ3v) is 3.41. The molecule has 1 saturated heterocycles. The summed E-state index contributed by atoms with van der Waals surface area (Å²) in [4.78, 5) is 25.2. The number of morpholine rings is 1. The van der Waals surface area contributed by atoms with Gasteiger partial charge in [0.1, 0.15) is 13.2 Å². The van der Waals surface area contributed by atoms with Gasteiger partial charge in [0.25, 0.3) is 11.8 Å². The maximum absolute atomic E-state index is 11.6. The van der Waals surface area contributed by atoms with Gasteiger partial charge in [-0.15, -0.1) is 11.3 Å². The van der Waals surface area contributed by atoms with Gasteiger partial charge in [0.05, 0.1) is 13.2 Å². The smallest absolute Gasteiger partial charge is 0.255 e. The summed E-state index contributed by atoms with van der Waals surface area (Å²) in [6, 6.07) is 1.85. The Morgan fingerprint density at radius 2 is 2.11 bits per heavy atom. The van der Waals surface area contributed by atoms with Gasteiger partial charge in [-0.1, -0.05) is 11.8 Å². The number of carbonyl (C=O) groups excluding carboxylic acids is 2. The van der Waals surface area contributed by atoms with E-state index in [4.69, 9.17) is 9.84 Å². The van der Waals surface area contributed by atoms with Gasteiger partial charge < -0.3 is 9.84 Å². The molecule has 1 aliphatic heterocycles. The molecule has 100 valence electrons. The summed E-state index contributed by atoms with van der Waals surface area (Å²) in [6.45, 7) is 0.231. The number of aliphatic hydroxyl groups excluding tert-OH is 1. The average molecular weight is 279 g/mol. The Labute approximate surface area is 114 Å². The number of imide groups is 1. The molecular weight excluding hydrogens is 266 g/mol. The molecule has 0 spiro atoms. The first kappa shape index (κ1) is 13.7. The number of hydrogen-bond acceptors (Lipinski definition) is 5. The Kier molecular flexibility index (Phi) is 4.68. The van der Waals surface area contributed by atoms with Crippen LogP contribution in [0.4, 0.5) is 0 Å². The maximum Gasteiger partial charge on any atom is 0.255 e. The van der Waals surface area contributed by atoms with Crippen LogP contribution >= 0.6 is 11.3 Å². The van der Waals surface area contributed by atoms with Crippen LogP contribution in [0, 0.1) is 11.8 Å². The van der Waals surface area contributed by atoms with E-state index in [1.54, 1.807) is 0 Å². The summed E-state index contributed by atoms with van der Waals surface area (Å²) < 4.78 is 4.85. The molecule has 2 amide bonds. The normalized spacial score (nSPS) is 15.3. The molecule has 1 aromatic heterocycles. The predicted molar refractivity (Wildman–Crippen MR) is 69.3 cm³/mol. The first-order valence-corrected chi connectivity index (χ1v) is 6.66. The van der Waals surface area contributed by atoms with E-state index in [1.807, 2.05) is 11.4 Å². The summed E-state index contributed by atoms with van der Waals surface area (Å²) in [7, 11) is 0. The van der Waals surface area contributed by atoms with Crippen LogP contribution in [-0.2, 0) is 20.9 Å². The third-order valence-electron chi connectivity index (χ3n) is 2.49. The van der Waals surface area contributed by atoms with Gasteiger partial charge in [0.15, 0.2) is 0 Å². The van der Waals surface area contributed by atoms with E-state index in [0.717, 1.165) is 10.4 Å². The van der Waals surface area contributed by atoms with Crippen molar-refractivity contribution in [2.24, 2.45) is 0 Å². The summed E-state index contributed by atoms with van der Waals surface area (Å²) in [5.41, 5.74) is 0.835. The Morgan fingerprint density at radius 1 is 1.37 bits per heavy atom. The highest BCUT2D eigenvalue weighted by atomic mass is 32.1. The number of thiophene rings is 1. The lowest BCUT2D eigenvalue weighted by molar-refractivity contribution is -0.159. The summed E-state index contributed by atoms with van der Waals surface area (Å²) in [6.07, 6.45) is 0.436. The van der Waals surface area contributed by atoms with Crippen molar-refractivity contribution in [3.05, 3.63) is 21.9 Å². The fraction of sp³-hybridized carbons (Fsp3) is 0.385. The van der Waals surface area contributed by atoms with E-state index < -0.39 is 0 Å². The molecular formula is C13H13NO4S. The molecule has 2 heterocycles. The van der Waals surface area contributed by atoms with Crippen LogP contribution in [0.3, 0.4) is 0 Å². The van der Waals surface area contributed by atoms with Gasteiger partial charge in [0.2, 0.25) is 0 Å². The van der Waals surface area contributed by atoms with Crippen LogP contribution in [0.2, 0.25) is 0 Å². The second kappa shape index (κ2) is 6.48. The zero-order chi connectivity index (χ0) is 13.7. The fourth-order valence-corrected chi connectivity index (χ4v) is 2.41. The zero-order valence-corrected chi connectivity index (χ0v) is 11.0. The number of nitrogens with zero attached hydrogens (tertiary/aromatic N) is 1. The lowest BCUT2D eigenvalue weighted by Crippen LogP contribution is -2.45. The fourth-order valence-electron chi connectivity index (χ4n) is 1.60. The number of amides is 2. The van der Waals surface area contributed by atoms with Gasteiger partial charge in [-0.25, -0.2) is 0 Å². The molecule has 2 rings (SSSR count). The van der Waals surface area contributed by atoms with Gasteiger partial charge >= 0.3 is 0 Å². The molecule has 1 aliphatic rings. The van der Waals surface area contributed by atoms with Crippen molar-refractivity contribution < 1.29 is 19.4 Å². The Balaban J connectivity index is 2.01. The molecule has 0 aliphatic carbocycles. The van der Waals surface area contributed by atoms with Gasteiger partial charge in [-0.05, 0) is 6.07 Å². The number of aliphatic hydroxyl groups is 1. The first-order chi connectivity index (χ1) is 9.20. The SMILES string of the molecule is O=C1COCC(=O)N1Cc1cc(C#CCCO)cs1. The Morgan fingerprint density at radius 3 is 2.79 bits per heavy atom. The topological polar surface area (TPSA) is 66.8 Å². The van der Waals surface area contributed by atoms with Crippen molar-refractivity contribution in [2.75, 3.05) is 19.8 Å². The molecule has 19 heavy (non-hydrogen) atoms. The molecule has 0 saturated carbocycles. The predicted octanol–water partition coefficient (Wildman–Crippen LogP) is 0.367. The summed E-state index contributed by atoms with van der Waals surface area (Å²) in [5, 5.41) is 10.5. The minimum absolute atomic E-state index is 0.0414. The van der Waals surface area contributed by atoms with Crippen LogP contribution in [0.15, 0.2) is 11.4 Å². The quantitative estimate of drug-likeness (QED) is 0.641. The summed E-state index contributed by atoms with van der Waals surface area (Å²) >= 11 is 1.45. The lowest BCUT2D eigenvalue weighted by Gasteiger charge is -2.24. The molecule has 6 heteroatoms. The number of carbonyl (C=O) groups is 2. The highest BCUT2D eigenvalue weighted by molar-refractivity contribution is 7.10. The molecule has 0 atom stereocenters. The van der Waals surface area contributed by atoms with E-state index >= 15 is 0 Å². The standard InChI is InChI=1S/C13H13NO4S/c15-4-2-1-3-10-5-11(19-9-10)6-14-12(16)7-18-8-13(14)17/h5,9,15H,2,4,6-8H2. The number of rotatable bonds is 3. The number of hydrogen-bond donors (Lipinski definition) is 1. The first-order valence-electron chi connectivity index (χ1n) is 5.79. The van der Waals surface area contributed by atoms with Crippen molar-refractivity contribution >= 4 is 23.2 Å². The molecule has 1 aromatic rings. The monoisotopic (exact) mass is 279 g/mol. The van der Waals surface area contributed by atoms with Crippen LogP contribution in [-0.4, -0.2) is 41.6 Å². The second-order valence-corrected chi connectivity index (χ2v) is 4.94. The molecule has 1 fully saturated rings. The van der Waals surface area contributed by atoms with Crippen molar-refractivity contribution in [3.8, 4) is 11.8 Å². The van der Waals surface area contributed by atoms with E-state index in [9.17, 15) is 9.59 Å². The van der Waals surface area contributed by atoms with Crippen molar-refractivity contribution in [1.82, 2.24) is 4.90 Å². The largest absolute Gasteiger partial charge is 0.395 e. The van der Waals surface area contributed by atoms with Gasteiger partial charge in [-0.2, -0.15) is 0 Å². The van der Waals surface area contributed by atoms with E-state index in [0.29, 0.717) is 6.42 Å². The average Bonchev–Trinajstić information content (AvgIpc) is 2.82. The highest BCUT2D eigenvalue weighted by Crippen LogP contribution is 2.17. The molecule has 0 aromatic carbocycles. The minimum atomic E-state index is -0.308. The lowest BCUT2D eigenvalue weighted by atomic mass is 10.3. The van der Waals surface area contributed by atoms with E-state index in [2.05, 4.69) is 11.8 Å². The van der Waals surface area contributed by atoms with Crippen LogP contribution < -0.4 is 0 Å². The molecule has 0 bridgehead atoms. The van der Waals surface area contributed by atoms with Crippen molar-refractivity contribution in [3.63, 3.8) is 0 Å². The van der Waals surface area contributed by atoms with Crippen LogP contribution in [0.5, 0.6) is 0 Å².